The molecule has 0 saturated heterocycles. The Morgan fingerprint density at radius 3 is 2.19 bits per heavy atom. The van der Waals surface area contributed by atoms with Crippen LogP contribution in [0.5, 0.6) is 0 Å². The zero-order valence-electron chi connectivity index (χ0n) is 13.0. The molecule has 0 N–H and O–H groups in total. The number of carbonyl (C=O) groups excluding carboxylic acids is 1. The summed E-state index contributed by atoms with van der Waals surface area (Å²) in [7, 11) is 0. The van der Waals surface area contributed by atoms with Crippen molar-refractivity contribution in [2.45, 2.75) is 22.9 Å². The van der Waals surface area contributed by atoms with Crippen molar-refractivity contribution in [1.82, 2.24) is 4.98 Å². The van der Waals surface area contributed by atoms with E-state index in [4.69, 9.17) is 27.9 Å². The summed E-state index contributed by atoms with van der Waals surface area (Å²) >= 11 is 11.5. The first-order valence-corrected chi connectivity index (χ1v) is 9.22. The maximum atomic E-state index is 12.8. The van der Waals surface area contributed by atoms with E-state index in [1.165, 1.54) is 6.92 Å². The Morgan fingerprint density at radius 2 is 1.74 bits per heavy atom. The van der Waals surface area contributed by atoms with Gasteiger partial charge in [0, 0.05) is 17.3 Å². The van der Waals surface area contributed by atoms with Crippen LogP contribution in [0.2, 0.25) is 10.0 Å². The SMILES string of the molecule is CCOC(=O)c1sc(SC(F)(F)F)nc1-c1c(Cl)cc(C(F)(F)F)cc1Cl. The van der Waals surface area contributed by atoms with Crippen molar-refractivity contribution in [1.29, 1.82) is 0 Å². The van der Waals surface area contributed by atoms with Crippen molar-refractivity contribution in [3.05, 3.63) is 32.6 Å². The van der Waals surface area contributed by atoms with E-state index >= 15 is 0 Å². The minimum Gasteiger partial charge on any atom is -0.462 e. The van der Waals surface area contributed by atoms with Gasteiger partial charge in [-0.25, -0.2) is 9.78 Å². The van der Waals surface area contributed by atoms with Gasteiger partial charge in [-0.1, -0.05) is 34.5 Å². The van der Waals surface area contributed by atoms with Crippen LogP contribution in [-0.4, -0.2) is 23.1 Å². The molecule has 3 nitrogen and oxygen atoms in total. The normalized spacial score (nSPS) is 12.3. The number of nitrogens with zero attached hydrogens (tertiary/aromatic N) is 1. The summed E-state index contributed by atoms with van der Waals surface area (Å²) < 4.78 is 80.6. The molecule has 2 aromatic rings. The summed E-state index contributed by atoms with van der Waals surface area (Å²) in [6, 6.07) is 1.10. The fourth-order valence-corrected chi connectivity index (χ4v) is 4.31. The van der Waals surface area contributed by atoms with Gasteiger partial charge in [0.1, 0.15) is 10.6 Å². The topological polar surface area (TPSA) is 39.2 Å². The number of hydrogen-bond acceptors (Lipinski definition) is 5. The Morgan fingerprint density at radius 1 is 1.19 bits per heavy atom. The lowest BCUT2D eigenvalue weighted by atomic mass is 10.1. The number of alkyl halides is 6. The average Bonchev–Trinajstić information content (AvgIpc) is 2.87. The molecule has 0 amide bonds. The van der Waals surface area contributed by atoms with Crippen molar-refractivity contribution in [2.75, 3.05) is 6.61 Å². The number of hydrogen-bond donors (Lipinski definition) is 0. The third-order valence-electron chi connectivity index (χ3n) is 2.88. The lowest BCUT2D eigenvalue weighted by molar-refractivity contribution is -0.137. The smallest absolute Gasteiger partial charge is 0.448 e. The van der Waals surface area contributed by atoms with Crippen molar-refractivity contribution < 1.29 is 35.9 Å². The molecule has 0 fully saturated rings. The molecule has 0 spiro atoms. The molecule has 2 rings (SSSR count). The maximum absolute atomic E-state index is 12.8. The van der Waals surface area contributed by atoms with Crippen LogP contribution in [-0.2, 0) is 10.9 Å². The molecular weight excluding hydrogens is 463 g/mol. The van der Waals surface area contributed by atoms with E-state index in [0.717, 1.165) is 0 Å². The van der Waals surface area contributed by atoms with Gasteiger partial charge in [-0.15, -0.1) is 0 Å². The largest absolute Gasteiger partial charge is 0.462 e. The van der Waals surface area contributed by atoms with Crippen LogP contribution in [0.3, 0.4) is 0 Å². The molecule has 0 unspecified atom stereocenters. The first-order valence-electron chi connectivity index (χ1n) is 6.83. The van der Waals surface area contributed by atoms with Crippen LogP contribution < -0.4 is 0 Å². The summed E-state index contributed by atoms with van der Waals surface area (Å²) in [6.07, 6.45) is -4.74. The number of thiazole rings is 1. The second kappa shape index (κ2) is 8.06. The first kappa shape index (κ1) is 22.1. The van der Waals surface area contributed by atoms with E-state index in [-0.39, 0.29) is 22.7 Å². The van der Waals surface area contributed by atoms with Crippen molar-refractivity contribution in [3.63, 3.8) is 0 Å². The summed E-state index contributed by atoms with van der Waals surface area (Å²) in [5.74, 6) is -0.994. The van der Waals surface area contributed by atoms with Crippen LogP contribution in [0.4, 0.5) is 26.3 Å². The Bertz CT molecular complexity index is 843. The van der Waals surface area contributed by atoms with Gasteiger partial charge >= 0.3 is 17.7 Å². The third-order valence-corrected chi connectivity index (χ3v) is 5.30. The highest BCUT2D eigenvalue weighted by atomic mass is 35.5. The molecule has 0 radical (unpaired) electrons. The molecule has 27 heavy (non-hydrogen) atoms. The summed E-state index contributed by atoms with van der Waals surface area (Å²) in [4.78, 5) is 15.4. The zero-order chi connectivity index (χ0) is 20.6. The Labute approximate surface area is 166 Å². The second-order valence-electron chi connectivity index (χ2n) is 4.74. The molecule has 148 valence electrons. The van der Waals surface area contributed by atoms with Gasteiger partial charge in [0.15, 0.2) is 4.34 Å². The van der Waals surface area contributed by atoms with Crippen LogP contribution in [0, 0.1) is 0 Å². The summed E-state index contributed by atoms with van der Waals surface area (Å²) in [6.45, 7) is 1.40. The lowest BCUT2D eigenvalue weighted by Crippen LogP contribution is -2.06. The molecule has 0 aliphatic heterocycles. The number of aromatic nitrogens is 1. The average molecular weight is 470 g/mol. The van der Waals surface area contributed by atoms with E-state index in [0.29, 0.717) is 23.5 Å². The van der Waals surface area contributed by atoms with E-state index in [9.17, 15) is 31.1 Å². The Hall–Kier alpha value is -1.17. The molecule has 0 bridgehead atoms. The molecule has 0 aliphatic rings. The number of carbonyl (C=O) groups is 1. The predicted molar refractivity (Wildman–Crippen MR) is 90.4 cm³/mol. The predicted octanol–water partition coefficient (Wildman–Crippen LogP) is 6.92. The molecule has 13 heteroatoms. The fourth-order valence-electron chi connectivity index (χ4n) is 1.91. The third kappa shape index (κ3) is 5.43. The second-order valence-corrected chi connectivity index (χ2v) is 7.86. The fraction of sp³-hybridized carbons (Fsp3) is 0.286. The lowest BCUT2D eigenvalue weighted by Gasteiger charge is -2.12. The van der Waals surface area contributed by atoms with Gasteiger partial charge in [0.05, 0.1) is 22.2 Å². The molecule has 1 heterocycles. The van der Waals surface area contributed by atoms with Gasteiger partial charge in [-0.05, 0) is 19.1 Å². The highest BCUT2D eigenvalue weighted by molar-refractivity contribution is 8.01. The minimum absolute atomic E-state index is 0.0770. The van der Waals surface area contributed by atoms with Crippen molar-refractivity contribution in [3.8, 4) is 11.3 Å². The highest BCUT2D eigenvalue weighted by Gasteiger charge is 2.35. The van der Waals surface area contributed by atoms with Crippen LogP contribution in [0.25, 0.3) is 11.3 Å². The molecule has 0 saturated carbocycles. The van der Waals surface area contributed by atoms with Gasteiger partial charge in [0.25, 0.3) is 0 Å². The van der Waals surface area contributed by atoms with Crippen LogP contribution in [0.15, 0.2) is 16.5 Å². The number of rotatable bonds is 4. The Balaban J connectivity index is 2.64. The molecule has 1 aromatic heterocycles. The molecule has 1 aromatic carbocycles. The number of halogens is 8. The van der Waals surface area contributed by atoms with Crippen LogP contribution >= 0.6 is 46.3 Å². The standard InChI is InChI=1S/C14H7Cl2F6NO2S2/c1-2-25-11(24)10-9(23-12(26-10)27-14(20,21)22)8-6(15)3-5(4-7(8)16)13(17,18)19/h3-4H,2H2,1H3. The van der Waals surface area contributed by atoms with Gasteiger partial charge in [-0.3, -0.25) is 0 Å². The number of thioether (sulfide) groups is 1. The maximum Gasteiger partial charge on any atom is 0.448 e. The summed E-state index contributed by atoms with van der Waals surface area (Å²) in [5, 5.41) is -1.04. The summed E-state index contributed by atoms with van der Waals surface area (Å²) in [5.41, 5.74) is -6.51. The first-order chi connectivity index (χ1) is 12.3. The van der Waals surface area contributed by atoms with Gasteiger partial charge in [0.2, 0.25) is 0 Å². The monoisotopic (exact) mass is 469 g/mol. The van der Waals surface area contributed by atoms with E-state index in [1.54, 1.807) is 0 Å². The minimum atomic E-state index is -4.74. The van der Waals surface area contributed by atoms with E-state index < -0.39 is 49.4 Å². The van der Waals surface area contributed by atoms with Gasteiger partial charge < -0.3 is 4.74 Å². The zero-order valence-corrected chi connectivity index (χ0v) is 16.1. The van der Waals surface area contributed by atoms with E-state index in [2.05, 4.69) is 4.98 Å². The number of ether oxygens (including phenoxy) is 1. The molecular formula is C14H7Cl2F6NO2S2. The number of esters is 1. The highest BCUT2D eigenvalue weighted by Crippen LogP contribution is 2.46. The van der Waals surface area contributed by atoms with Crippen LogP contribution in [0.1, 0.15) is 22.2 Å². The Kier molecular flexibility index (Phi) is 6.60. The molecule has 0 aliphatic carbocycles. The quantitative estimate of drug-likeness (QED) is 0.276. The molecule has 0 atom stereocenters. The van der Waals surface area contributed by atoms with Crippen molar-refractivity contribution >= 4 is 52.3 Å². The van der Waals surface area contributed by atoms with Crippen molar-refractivity contribution in [2.24, 2.45) is 0 Å². The van der Waals surface area contributed by atoms with Gasteiger partial charge in [-0.2, -0.15) is 26.3 Å². The van der Waals surface area contributed by atoms with E-state index in [1.807, 2.05) is 0 Å². The number of benzene rings is 1.